The van der Waals surface area contributed by atoms with Gasteiger partial charge in [-0.2, -0.15) is 13.2 Å². The first-order chi connectivity index (χ1) is 13.1. The van der Waals surface area contributed by atoms with E-state index >= 15 is 0 Å². The molecule has 2 aromatic carbocycles. The van der Waals surface area contributed by atoms with E-state index < -0.39 is 30.4 Å². The first-order valence-electron chi connectivity index (χ1n) is 8.21. The van der Waals surface area contributed by atoms with Gasteiger partial charge in [0.15, 0.2) is 6.61 Å². The number of rotatable bonds is 9. The van der Waals surface area contributed by atoms with Crippen LogP contribution in [0.1, 0.15) is 11.1 Å². The highest BCUT2D eigenvalue weighted by Gasteiger charge is 2.30. The Labute approximate surface area is 159 Å². The zero-order chi connectivity index (χ0) is 20.7. The van der Waals surface area contributed by atoms with E-state index in [0.29, 0.717) is 17.1 Å². The van der Waals surface area contributed by atoms with Gasteiger partial charge in [0, 0.05) is 0 Å². The first kappa shape index (κ1) is 21.4. The standard InChI is InChI=1S/C19H19F3O6/c1-12-8-16(6-7-17(12)28-11-18(24)25)27-10-14(23)9-26-15-4-2-13(3-5-15)19(20,21)22/h2-8,14,23H,9-11H2,1H3,(H,24,25). The van der Waals surface area contributed by atoms with Crippen LogP contribution in [-0.4, -0.2) is 42.1 Å². The van der Waals surface area contributed by atoms with E-state index in [2.05, 4.69) is 0 Å². The van der Waals surface area contributed by atoms with Crippen LogP contribution >= 0.6 is 0 Å². The molecule has 2 aromatic rings. The second-order valence-electron chi connectivity index (χ2n) is 5.91. The van der Waals surface area contributed by atoms with Crippen molar-refractivity contribution in [1.82, 2.24) is 0 Å². The molecule has 0 aliphatic heterocycles. The summed E-state index contributed by atoms with van der Waals surface area (Å²) in [6.07, 6.45) is -5.43. The number of ether oxygens (including phenoxy) is 3. The average molecular weight is 400 g/mol. The summed E-state index contributed by atoms with van der Waals surface area (Å²) in [4.78, 5) is 10.5. The van der Waals surface area contributed by atoms with Crippen LogP contribution in [0.15, 0.2) is 42.5 Å². The van der Waals surface area contributed by atoms with E-state index in [1.165, 1.54) is 12.1 Å². The molecule has 1 unspecified atom stereocenters. The van der Waals surface area contributed by atoms with Gasteiger partial charge in [0.2, 0.25) is 0 Å². The van der Waals surface area contributed by atoms with E-state index in [0.717, 1.165) is 12.1 Å². The van der Waals surface area contributed by atoms with Crippen LogP contribution in [0.25, 0.3) is 0 Å². The summed E-state index contributed by atoms with van der Waals surface area (Å²) in [7, 11) is 0. The van der Waals surface area contributed by atoms with Crippen LogP contribution in [0.2, 0.25) is 0 Å². The first-order valence-corrected chi connectivity index (χ1v) is 8.21. The molecule has 0 fully saturated rings. The number of aliphatic hydroxyl groups excluding tert-OH is 1. The summed E-state index contributed by atoms with van der Waals surface area (Å²) in [5.41, 5.74) is -0.121. The van der Waals surface area contributed by atoms with Crippen molar-refractivity contribution in [3.05, 3.63) is 53.6 Å². The zero-order valence-electron chi connectivity index (χ0n) is 14.9. The van der Waals surface area contributed by atoms with Gasteiger partial charge in [-0.3, -0.25) is 0 Å². The van der Waals surface area contributed by atoms with Gasteiger partial charge in [0.1, 0.15) is 36.6 Å². The van der Waals surface area contributed by atoms with Crippen molar-refractivity contribution >= 4 is 5.97 Å². The summed E-state index contributed by atoms with van der Waals surface area (Å²) in [6, 6.07) is 8.89. The molecular formula is C19H19F3O6. The number of aliphatic hydroxyl groups is 1. The van der Waals surface area contributed by atoms with Crippen LogP contribution < -0.4 is 14.2 Å². The second kappa shape index (κ2) is 9.32. The Kier molecular flexibility index (Phi) is 7.11. The molecule has 6 nitrogen and oxygen atoms in total. The Morgan fingerprint density at radius 2 is 1.57 bits per heavy atom. The molecule has 0 aliphatic carbocycles. The molecule has 2 rings (SSSR count). The minimum atomic E-state index is -4.42. The molecule has 0 bridgehead atoms. The number of benzene rings is 2. The molecule has 0 saturated heterocycles. The topological polar surface area (TPSA) is 85.2 Å². The fraction of sp³-hybridized carbons (Fsp3) is 0.316. The number of hydrogen-bond acceptors (Lipinski definition) is 5. The lowest BCUT2D eigenvalue weighted by Gasteiger charge is -2.15. The number of hydrogen-bond donors (Lipinski definition) is 2. The van der Waals surface area contributed by atoms with Crippen molar-refractivity contribution < 1.29 is 42.4 Å². The van der Waals surface area contributed by atoms with Gasteiger partial charge in [0.05, 0.1) is 5.56 Å². The maximum absolute atomic E-state index is 12.5. The largest absolute Gasteiger partial charge is 0.491 e. The fourth-order valence-electron chi connectivity index (χ4n) is 2.19. The molecule has 0 aliphatic rings. The molecule has 0 spiro atoms. The monoisotopic (exact) mass is 400 g/mol. The molecule has 0 amide bonds. The van der Waals surface area contributed by atoms with Crippen molar-refractivity contribution in [3.8, 4) is 17.2 Å². The molecule has 0 saturated carbocycles. The number of carboxylic acids is 1. The van der Waals surface area contributed by atoms with Gasteiger partial charge in [-0.05, 0) is 55.0 Å². The second-order valence-corrected chi connectivity index (χ2v) is 5.91. The number of alkyl halides is 3. The van der Waals surface area contributed by atoms with E-state index in [1.807, 2.05) is 0 Å². The van der Waals surface area contributed by atoms with Crippen molar-refractivity contribution in [3.63, 3.8) is 0 Å². The highest BCUT2D eigenvalue weighted by molar-refractivity contribution is 5.68. The zero-order valence-corrected chi connectivity index (χ0v) is 14.9. The highest BCUT2D eigenvalue weighted by Crippen LogP contribution is 2.30. The van der Waals surface area contributed by atoms with E-state index in [4.69, 9.17) is 19.3 Å². The number of aryl methyl sites for hydroxylation is 1. The molecule has 0 radical (unpaired) electrons. The molecule has 2 N–H and O–H groups in total. The van der Waals surface area contributed by atoms with Gasteiger partial charge >= 0.3 is 12.1 Å². The van der Waals surface area contributed by atoms with Crippen LogP contribution in [0.3, 0.4) is 0 Å². The van der Waals surface area contributed by atoms with Crippen molar-refractivity contribution in [2.75, 3.05) is 19.8 Å². The number of aliphatic carboxylic acids is 1. The maximum atomic E-state index is 12.5. The summed E-state index contributed by atoms with van der Waals surface area (Å²) < 4.78 is 53.3. The van der Waals surface area contributed by atoms with Crippen LogP contribution in [-0.2, 0) is 11.0 Å². The Morgan fingerprint density at radius 1 is 1.00 bits per heavy atom. The lowest BCUT2D eigenvalue weighted by atomic mass is 10.2. The Hall–Kier alpha value is -2.94. The predicted octanol–water partition coefficient (Wildman–Crippen LogP) is 3.30. The normalized spacial score (nSPS) is 12.3. The Morgan fingerprint density at radius 3 is 2.11 bits per heavy atom. The van der Waals surface area contributed by atoms with Crippen LogP contribution in [0.5, 0.6) is 17.2 Å². The summed E-state index contributed by atoms with van der Waals surface area (Å²) >= 11 is 0. The SMILES string of the molecule is Cc1cc(OCC(O)COc2ccc(C(F)(F)F)cc2)ccc1OCC(=O)O. The highest BCUT2D eigenvalue weighted by atomic mass is 19.4. The van der Waals surface area contributed by atoms with Gasteiger partial charge in [-0.25, -0.2) is 4.79 Å². The minimum Gasteiger partial charge on any atom is -0.491 e. The van der Waals surface area contributed by atoms with Gasteiger partial charge in [-0.1, -0.05) is 0 Å². The number of carbonyl (C=O) groups is 1. The van der Waals surface area contributed by atoms with E-state index in [-0.39, 0.29) is 19.0 Å². The fourth-order valence-corrected chi connectivity index (χ4v) is 2.19. The molecule has 0 aromatic heterocycles. The molecule has 28 heavy (non-hydrogen) atoms. The lowest BCUT2D eigenvalue weighted by Crippen LogP contribution is -2.25. The van der Waals surface area contributed by atoms with Crippen LogP contribution in [0.4, 0.5) is 13.2 Å². The predicted molar refractivity (Wildman–Crippen MR) is 92.8 cm³/mol. The molecule has 9 heteroatoms. The molecule has 1 atom stereocenters. The smallest absolute Gasteiger partial charge is 0.416 e. The average Bonchev–Trinajstić information content (AvgIpc) is 2.63. The number of halogens is 3. The van der Waals surface area contributed by atoms with Gasteiger partial charge in [-0.15, -0.1) is 0 Å². The van der Waals surface area contributed by atoms with Gasteiger partial charge < -0.3 is 24.4 Å². The summed E-state index contributed by atoms with van der Waals surface area (Å²) in [6.45, 7) is 0.995. The van der Waals surface area contributed by atoms with E-state index in [1.54, 1.807) is 25.1 Å². The van der Waals surface area contributed by atoms with Crippen molar-refractivity contribution in [2.45, 2.75) is 19.2 Å². The van der Waals surface area contributed by atoms with Gasteiger partial charge in [0.25, 0.3) is 0 Å². The quantitative estimate of drug-likeness (QED) is 0.672. The molecular weight excluding hydrogens is 381 g/mol. The summed E-state index contributed by atoms with van der Waals surface area (Å²) in [5.74, 6) is -0.0478. The third-order valence-corrected chi connectivity index (χ3v) is 3.56. The Bertz CT molecular complexity index is 789. The van der Waals surface area contributed by atoms with Crippen molar-refractivity contribution in [2.24, 2.45) is 0 Å². The van der Waals surface area contributed by atoms with Crippen LogP contribution in [0, 0.1) is 6.92 Å². The molecule has 152 valence electrons. The van der Waals surface area contributed by atoms with E-state index in [9.17, 15) is 23.1 Å². The van der Waals surface area contributed by atoms with Crippen molar-refractivity contribution in [1.29, 1.82) is 0 Å². The minimum absolute atomic E-state index is 0.102. The third-order valence-electron chi connectivity index (χ3n) is 3.56. The third kappa shape index (κ3) is 6.66. The lowest BCUT2D eigenvalue weighted by molar-refractivity contribution is -0.139. The number of carboxylic acid groups (broad SMARTS) is 1. The summed E-state index contributed by atoms with van der Waals surface area (Å²) in [5, 5.41) is 18.5. The Balaban J connectivity index is 1.80. The molecule has 0 heterocycles. The maximum Gasteiger partial charge on any atom is 0.416 e.